The summed E-state index contributed by atoms with van der Waals surface area (Å²) in [7, 11) is 0. The van der Waals surface area contributed by atoms with Crippen molar-refractivity contribution in [3.63, 3.8) is 0 Å². The minimum atomic E-state index is -0.400. The van der Waals surface area contributed by atoms with Crippen LogP contribution in [0.1, 0.15) is 36.2 Å². The van der Waals surface area contributed by atoms with Crippen LogP contribution in [0.15, 0.2) is 18.2 Å². The van der Waals surface area contributed by atoms with Crippen molar-refractivity contribution < 1.29 is 9.13 Å². The van der Waals surface area contributed by atoms with Gasteiger partial charge in [0.2, 0.25) is 0 Å². The molecule has 2 aromatic rings. The fraction of sp³-hybridized carbons (Fsp3) is 0.312. The molecule has 108 valence electrons. The van der Waals surface area contributed by atoms with Gasteiger partial charge in [0.25, 0.3) is 5.88 Å². The first-order chi connectivity index (χ1) is 10.1. The monoisotopic (exact) mass is 285 g/mol. The van der Waals surface area contributed by atoms with Crippen molar-refractivity contribution in [1.82, 2.24) is 10.2 Å². The fourth-order valence-corrected chi connectivity index (χ4v) is 2.13. The Morgan fingerprint density at radius 3 is 2.62 bits per heavy atom. The Kier molecular flexibility index (Phi) is 4.49. The van der Waals surface area contributed by atoms with Gasteiger partial charge in [-0.15, -0.1) is 5.10 Å². The second kappa shape index (κ2) is 6.31. The number of ether oxygens (including phenoxy) is 1. The number of benzene rings is 1. The third kappa shape index (κ3) is 3.00. The molecule has 1 aromatic carbocycles. The molecule has 0 amide bonds. The Morgan fingerprint density at radius 2 is 2.00 bits per heavy atom. The predicted molar refractivity (Wildman–Crippen MR) is 76.7 cm³/mol. The van der Waals surface area contributed by atoms with Crippen LogP contribution in [0, 0.1) is 24.1 Å². The van der Waals surface area contributed by atoms with E-state index in [1.165, 1.54) is 12.1 Å². The first kappa shape index (κ1) is 14.9. The fourth-order valence-electron chi connectivity index (χ4n) is 2.13. The quantitative estimate of drug-likeness (QED) is 0.859. The predicted octanol–water partition coefficient (Wildman–Crippen LogP) is 3.71. The van der Waals surface area contributed by atoms with Gasteiger partial charge in [0.05, 0.1) is 5.69 Å². The number of aromatic nitrogens is 2. The van der Waals surface area contributed by atoms with Gasteiger partial charge in [-0.25, -0.2) is 4.39 Å². The molecule has 0 aliphatic rings. The Hall–Kier alpha value is -2.48. The Labute approximate surface area is 123 Å². The molecule has 0 N–H and O–H groups in total. The van der Waals surface area contributed by atoms with Gasteiger partial charge >= 0.3 is 0 Å². The van der Waals surface area contributed by atoms with Crippen LogP contribution in [-0.4, -0.2) is 10.2 Å². The second-order valence-corrected chi connectivity index (χ2v) is 4.64. The minimum absolute atomic E-state index is 0.125. The lowest BCUT2D eigenvalue weighted by Gasteiger charge is -2.12. The van der Waals surface area contributed by atoms with Gasteiger partial charge in [0, 0.05) is 6.07 Å². The van der Waals surface area contributed by atoms with E-state index in [-0.39, 0.29) is 5.88 Å². The summed E-state index contributed by atoms with van der Waals surface area (Å²) in [5.74, 6) is 0.0651. The topological polar surface area (TPSA) is 58.8 Å². The van der Waals surface area contributed by atoms with Crippen molar-refractivity contribution in [2.75, 3.05) is 0 Å². The first-order valence-corrected chi connectivity index (χ1v) is 6.83. The maximum Gasteiger partial charge on any atom is 0.257 e. The van der Waals surface area contributed by atoms with E-state index < -0.39 is 5.82 Å². The van der Waals surface area contributed by atoms with E-state index in [9.17, 15) is 9.65 Å². The van der Waals surface area contributed by atoms with E-state index in [0.717, 1.165) is 16.8 Å². The molecule has 0 unspecified atom stereocenters. The van der Waals surface area contributed by atoms with Crippen LogP contribution < -0.4 is 4.74 Å². The summed E-state index contributed by atoms with van der Waals surface area (Å²) in [6, 6.07) is 6.37. The molecule has 21 heavy (non-hydrogen) atoms. The van der Waals surface area contributed by atoms with Gasteiger partial charge in [-0.05, 0) is 37.0 Å². The molecule has 0 atom stereocenters. The van der Waals surface area contributed by atoms with Crippen LogP contribution in [0.2, 0.25) is 0 Å². The van der Waals surface area contributed by atoms with E-state index >= 15 is 0 Å². The normalized spacial score (nSPS) is 10.2. The van der Waals surface area contributed by atoms with Crippen molar-refractivity contribution in [1.29, 1.82) is 5.26 Å². The van der Waals surface area contributed by atoms with Gasteiger partial charge in [-0.3, -0.25) is 0 Å². The summed E-state index contributed by atoms with van der Waals surface area (Å²) < 4.78 is 18.9. The third-order valence-electron chi connectivity index (χ3n) is 3.28. The summed E-state index contributed by atoms with van der Waals surface area (Å²) in [5, 5.41) is 17.5. The third-order valence-corrected chi connectivity index (χ3v) is 3.28. The average molecular weight is 285 g/mol. The molecular weight excluding hydrogens is 269 g/mol. The van der Waals surface area contributed by atoms with Gasteiger partial charge in [0.15, 0.2) is 0 Å². The Balaban J connectivity index is 2.50. The molecule has 0 radical (unpaired) electrons. The summed E-state index contributed by atoms with van der Waals surface area (Å²) in [6.45, 7) is 5.71. The number of hydrogen-bond donors (Lipinski definition) is 0. The Bertz CT molecular complexity index is 707. The van der Waals surface area contributed by atoms with E-state index in [4.69, 9.17) is 4.74 Å². The van der Waals surface area contributed by atoms with E-state index in [0.29, 0.717) is 24.2 Å². The van der Waals surface area contributed by atoms with Gasteiger partial charge in [-0.2, -0.15) is 10.4 Å². The lowest BCUT2D eigenvalue weighted by atomic mass is 10.0. The summed E-state index contributed by atoms with van der Waals surface area (Å²) in [4.78, 5) is 0. The minimum Gasteiger partial charge on any atom is -0.436 e. The van der Waals surface area contributed by atoms with Gasteiger partial charge in [0.1, 0.15) is 23.2 Å². The van der Waals surface area contributed by atoms with Crippen LogP contribution in [-0.2, 0) is 12.8 Å². The number of nitrogens with zero attached hydrogens (tertiary/aromatic N) is 3. The van der Waals surface area contributed by atoms with Crippen molar-refractivity contribution in [3.05, 3.63) is 46.4 Å². The zero-order valence-electron chi connectivity index (χ0n) is 12.3. The molecule has 0 bridgehead atoms. The maximum absolute atomic E-state index is 13.3. The molecule has 0 spiro atoms. The number of halogens is 1. The SMILES string of the molecule is CCc1nnc(Oc2cc(F)ccc2C)c(C#N)c1CC. The molecule has 2 rings (SSSR count). The average Bonchev–Trinajstić information content (AvgIpc) is 2.50. The molecule has 1 heterocycles. The number of hydrogen-bond acceptors (Lipinski definition) is 4. The highest BCUT2D eigenvalue weighted by Gasteiger charge is 2.16. The summed E-state index contributed by atoms with van der Waals surface area (Å²) >= 11 is 0. The van der Waals surface area contributed by atoms with Crippen molar-refractivity contribution in [2.24, 2.45) is 0 Å². The number of nitriles is 1. The molecular formula is C16H16FN3O. The van der Waals surface area contributed by atoms with Gasteiger partial charge in [-0.1, -0.05) is 19.9 Å². The van der Waals surface area contributed by atoms with Crippen molar-refractivity contribution >= 4 is 0 Å². The van der Waals surface area contributed by atoms with Gasteiger partial charge < -0.3 is 4.74 Å². The molecule has 5 heteroatoms. The lowest BCUT2D eigenvalue weighted by Crippen LogP contribution is -2.05. The van der Waals surface area contributed by atoms with E-state index in [1.54, 1.807) is 13.0 Å². The smallest absolute Gasteiger partial charge is 0.257 e. The molecule has 0 aliphatic carbocycles. The van der Waals surface area contributed by atoms with Crippen LogP contribution in [0.25, 0.3) is 0 Å². The molecule has 0 aliphatic heterocycles. The zero-order valence-corrected chi connectivity index (χ0v) is 12.3. The zero-order chi connectivity index (χ0) is 15.4. The Morgan fingerprint density at radius 1 is 1.24 bits per heavy atom. The lowest BCUT2D eigenvalue weighted by molar-refractivity contribution is 0.443. The van der Waals surface area contributed by atoms with E-state index in [2.05, 4.69) is 16.3 Å². The van der Waals surface area contributed by atoms with Crippen LogP contribution >= 0.6 is 0 Å². The van der Waals surface area contributed by atoms with Crippen LogP contribution in [0.5, 0.6) is 11.6 Å². The van der Waals surface area contributed by atoms with Crippen LogP contribution in [0.4, 0.5) is 4.39 Å². The highest BCUT2D eigenvalue weighted by molar-refractivity contribution is 5.48. The standard InChI is InChI=1S/C16H16FN3O/c1-4-12-13(9-18)16(20-19-14(12)5-2)21-15-8-11(17)7-6-10(15)3/h6-8H,4-5H2,1-3H3. The molecule has 0 fully saturated rings. The summed E-state index contributed by atoms with van der Waals surface area (Å²) in [5.41, 5.74) is 2.75. The summed E-state index contributed by atoms with van der Waals surface area (Å²) in [6.07, 6.45) is 1.37. The number of aryl methyl sites for hydroxylation is 2. The molecule has 0 saturated carbocycles. The second-order valence-electron chi connectivity index (χ2n) is 4.64. The molecule has 1 aromatic heterocycles. The van der Waals surface area contributed by atoms with Crippen molar-refractivity contribution in [3.8, 4) is 17.7 Å². The largest absolute Gasteiger partial charge is 0.436 e. The highest BCUT2D eigenvalue weighted by Crippen LogP contribution is 2.29. The molecule has 0 saturated heterocycles. The maximum atomic E-state index is 13.3. The molecule has 4 nitrogen and oxygen atoms in total. The van der Waals surface area contributed by atoms with Crippen LogP contribution in [0.3, 0.4) is 0 Å². The van der Waals surface area contributed by atoms with Crippen molar-refractivity contribution in [2.45, 2.75) is 33.6 Å². The van der Waals surface area contributed by atoms with E-state index in [1.807, 2.05) is 13.8 Å². The first-order valence-electron chi connectivity index (χ1n) is 6.83. The number of rotatable bonds is 4. The highest BCUT2D eigenvalue weighted by atomic mass is 19.1.